The molecule has 0 bridgehead atoms. The molecule has 0 aromatic heterocycles. The highest BCUT2D eigenvalue weighted by Crippen LogP contribution is 2.26. The van der Waals surface area contributed by atoms with Crippen LogP contribution < -0.4 is 9.64 Å². The third-order valence-corrected chi connectivity index (χ3v) is 2.99. The summed E-state index contributed by atoms with van der Waals surface area (Å²) in [6.45, 7) is 4.20. The average molecular weight is 261 g/mol. The van der Waals surface area contributed by atoms with Crippen LogP contribution in [-0.4, -0.2) is 30.1 Å². The van der Waals surface area contributed by atoms with Crippen molar-refractivity contribution in [1.82, 2.24) is 0 Å². The molecule has 0 aliphatic carbocycles. The van der Waals surface area contributed by atoms with Crippen molar-refractivity contribution in [3.8, 4) is 5.75 Å². The zero-order chi connectivity index (χ0) is 13.8. The van der Waals surface area contributed by atoms with E-state index in [-0.39, 0.29) is 18.9 Å². The molecule has 2 rings (SSSR count). The molecular weight excluding hydrogens is 246 g/mol. The minimum Gasteiger partial charge on any atom is -0.490 e. The number of nitrogens with zero attached hydrogens (tertiary/aromatic N) is 1. The second kappa shape index (κ2) is 5.56. The predicted octanol–water partition coefficient (Wildman–Crippen LogP) is 1.69. The lowest BCUT2D eigenvalue weighted by Crippen LogP contribution is -2.25. The molecule has 1 saturated heterocycles. The van der Waals surface area contributed by atoms with Crippen LogP contribution in [0.25, 0.3) is 0 Å². The number of hydrogen-bond donors (Lipinski definition) is 1. The van der Waals surface area contributed by atoms with Crippen LogP contribution in [0.15, 0.2) is 36.9 Å². The fraction of sp³-hybridized carbons (Fsp3) is 0.286. The van der Waals surface area contributed by atoms with E-state index in [2.05, 4.69) is 6.58 Å². The highest BCUT2D eigenvalue weighted by atomic mass is 16.5. The first-order valence-corrected chi connectivity index (χ1v) is 5.98. The summed E-state index contributed by atoms with van der Waals surface area (Å²) in [7, 11) is 0. The van der Waals surface area contributed by atoms with Gasteiger partial charge in [-0.3, -0.25) is 9.59 Å². The number of amides is 1. The Kier molecular flexibility index (Phi) is 3.85. The summed E-state index contributed by atoms with van der Waals surface area (Å²) < 4.78 is 5.34. The largest absolute Gasteiger partial charge is 0.490 e. The summed E-state index contributed by atoms with van der Waals surface area (Å²) >= 11 is 0. The third-order valence-electron chi connectivity index (χ3n) is 2.99. The number of hydrogen-bond acceptors (Lipinski definition) is 3. The quantitative estimate of drug-likeness (QED) is 0.819. The Morgan fingerprint density at radius 1 is 1.47 bits per heavy atom. The average Bonchev–Trinajstić information content (AvgIpc) is 2.79. The Morgan fingerprint density at radius 3 is 2.68 bits per heavy atom. The van der Waals surface area contributed by atoms with Gasteiger partial charge in [-0.15, -0.1) is 0 Å². The molecule has 100 valence electrons. The van der Waals surface area contributed by atoms with Crippen molar-refractivity contribution in [1.29, 1.82) is 0 Å². The second-order valence-corrected chi connectivity index (χ2v) is 4.34. The van der Waals surface area contributed by atoms with Gasteiger partial charge in [0.1, 0.15) is 12.4 Å². The normalized spacial score (nSPS) is 18.4. The van der Waals surface area contributed by atoms with E-state index in [0.717, 1.165) is 0 Å². The van der Waals surface area contributed by atoms with E-state index in [9.17, 15) is 9.59 Å². The number of carboxylic acid groups (broad SMARTS) is 1. The Hall–Kier alpha value is -2.30. The maximum absolute atomic E-state index is 11.8. The molecule has 0 saturated carbocycles. The van der Waals surface area contributed by atoms with Crippen LogP contribution in [0, 0.1) is 5.92 Å². The number of aliphatic carboxylic acids is 1. The van der Waals surface area contributed by atoms with Crippen LogP contribution >= 0.6 is 0 Å². The van der Waals surface area contributed by atoms with Gasteiger partial charge in [0.2, 0.25) is 5.91 Å². The zero-order valence-corrected chi connectivity index (χ0v) is 10.4. The van der Waals surface area contributed by atoms with Gasteiger partial charge in [0, 0.05) is 18.7 Å². The van der Waals surface area contributed by atoms with Gasteiger partial charge in [0.25, 0.3) is 0 Å². The summed E-state index contributed by atoms with van der Waals surface area (Å²) in [4.78, 5) is 24.1. The molecule has 5 heteroatoms. The summed E-state index contributed by atoms with van der Waals surface area (Å²) in [5.41, 5.74) is 0.694. The number of carbonyl (C=O) groups excluding carboxylic acids is 1. The van der Waals surface area contributed by atoms with E-state index in [1.165, 1.54) is 4.90 Å². The van der Waals surface area contributed by atoms with Crippen LogP contribution in [0.3, 0.4) is 0 Å². The lowest BCUT2D eigenvalue weighted by molar-refractivity contribution is -0.141. The molecule has 19 heavy (non-hydrogen) atoms. The Bertz CT molecular complexity index is 495. The lowest BCUT2D eigenvalue weighted by atomic mass is 10.1. The summed E-state index contributed by atoms with van der Waals surface area (Å²) in [5.74, 6) is -1.02. The molecular formula is C14H15NO4. The molecule has 1 amide bonds. The SMILES string of the molecule is C=CCOc1ccc(N2CC(C(=O)O)CC2=O)cc1. The minimum absolute atomic E-state index is 0.0596. The second-order valence-electron chi connectivity index (χ2n) is 4.34. The number of benzene rings is 1. The van der Waals surface area contributed by atoms with Gasteiger partial charge in [0.15, 0.2) is 0 Å². The fourth-order valence-electron chi connectivity index (χ4n) is 2.00. The Morgan fingerprint density at radius 2 is 2.16 bits per heavy atom. The highest BCUT2D eigenvalue weighted by Gasteiger charge is 2.34. The molecule has 0 spiro atoms. The van der Waals surface area contributed by atoms with E-state index in [4.69, 9.17) is 9.84 Å². The van der Waals surface area contributed by atoms with Crippen molar-refractivity contribution in [2.24, 2.45) is 5.92 Å². The van der Waals surface area contributed by atoms with Crippen molar-refractivity contribution in [3.63, 3.8) is 0 Å². The smallest absolute Gasteiger partial charge is 0.308 e. The third kappa shape index (κ3) is 2.93. The predicted molar refractivity (Wildman–Crippen MR) is 70.2 cm³/mol. The summed E-state index contributed by atoms with van der Waals surface area (Å²) in [5, 5.41) is 8.93. The first-order chi connectivity index (χ1) is 9.11. The van der Waals surface area contributed by atoms with Crippen LogP contribution in [-0.2, 0) is 9.59 Å². The number of ether oxygens (including phenoxy) is 1. The number of anilines is 1. The first-order valence-electron chi connectivity index (χ1n) is 5.98. The van der Waals surface area contributed by atoms with Gasteiger partial charge in [-0.1, -0.05) is 12.7 Å². The molecule has 1 unspecified atom stereocenters. The van der Waals surface area contributed by atoms with Gasteiger partial charge >= 0.3 is 5.97 Å². The zero-order valence-electron chi connectivity index (χ0n) is 10.4. The molecule has 0 radical (unpaired) electrons. The molecule has 1 N–H and O–H groups in total. The number of rotatable bonds is 5. The highest BCUT2D eigenvalue weighted by molar-refractivity contribution is 5.99. The summed E-state index contributed by atoms with van der Waals surface area (Å²) in [6.07, 6.45) is 1.71. The number of carboxylic acids is 1. The molecule has 1 aliphatic heterocycles. The molecule has 1 aliphatic rings. The van der Waals surface area contributed by atoms with Crippen molar-refractivity contribution in [2.75, 3.05) is 18.1 Å². The Labute approximate surface area is 111 Å². The van der Waals surface area contributed by atoms with Crippen LogP contribution in [0.1, 0.15) is 6.42 Å². The van der Waals surface area contributed by atoms with Crippen LogP contribution in [0.5, 0.6) is 5.75 Å². The van der Waals surface area contributed by atoms with Crippen molar-refractivity contribution < 1.29 is 19.4 Å². The molecule has 1 aromatic carbocycles. The standard InChI is InChI=1S/C14H15NO4/c1-2-7-19-12-5-3-11(4-6-12)15-9-10(14(17)18)8-13(15)16/h2-6,10H,1,7-9H2,(H,17,18). The topological polar surface area (TPSA) is 66.8 Å². The van der Waals surface area contributed by atoms with Crippen molar-refractivity contribution in [3.05, 3.63) is 36.9 Å². The van der Waals surface area contributed by atoms with Gasteiger partial charge < -0.3 is 14.7 Å². The van der Waals surface area contributed by atoms with Crippen molar-refractivity contribution in [2.45, 2.75) is 6.42 Å². The Balaban J connectivity index is 2.08. The fourth-order valence-corrected chi connectivity index (χ4v) is 2.00. The van der Waals surface area contributed by atoms with Crippen LogP contribution in [0.2, 0.25) is 0 Å². The van der Waals surface area contributed by atoms with Gasteiger partial charge in [-0.25, -0.2) is 0 Å². The molecule has 1 aromatic rings. The van der Waals surface area contributed by atoms with E-state index < -0.39 is 11.9 Å². The molecule has 1 atom stereocenters. The summed E-state index contributed by atoms with van der Waals surface area (Å²) in [6, 6.07) is 7.00. The first kappa shape index (κ1) is 13.1. The van der Waals surface area contributed by atoms with E-state index >= 15 is 0 Å². The van der Waals surface area contributed by atoms with Crippen LogP contribution in [0.4, 0.5) is 5.69 Å². The molecule has 1 heterocycles. The maximum atomic E-state index is 11.8. The van der Waals surface area contributed by atoms with Gasteiger partial charge in [-0.05, 0) is 24.3 Å². The minimum atomic E-state index is -0.929. The molecule has 1 fully saturated rings. The van der Waals surface area contributed by atoms with Gasteiger partial charge in [0.05, 0.1) is 5.92 Å². The van der Waals surface area contributed by atoms with E-state index in [0.29, 0.717) is 18.0 Å². The van der Waals surface area contributed by atoms with E-state index in [1.54, 1.807) is 30.3 Å². The molecule has 5 nitrogen and oxygen atoms in total. The monoisotopic (exact) mass is 261 g/mol. The maximum Gasteiger partial charge on any atom is 0.308 e. The lowest BCUT2D eigenvalue weighted by Gasteiger charge is -2.16. The van der Waals surface area contributed by atoms with Crippen molar-refractivity contribution >= 4 is 17.6 Å². The number of carbonyl (C=O) groups is 2. The van der Waals surface area contributed by atoms with Gasteiger partial charge in [-0.2, -0.15) is 0 Å². The van der Waals surface area contributed by atoms with E-state index in [1.807, 2.05) is 0 Å².